The molecule has 0 N–H and O–H groups in total. The van der Waals surface area contributed by atoms with E-state index in [1.165, 1.54) is 6.07 Å². The molecule has 0 aliphatic carbocycles. The summed E-state index contributed by atoms with van der Waals surface area (Å²) in [5, 5.41) is 0.894. The van der Waals surface area contributed by atoms with Crippen LogP contribution in [0.2, 0.25) is 0 Å². The summed E-state index contributed by atoms with van der Waals surface area (Å²) in [5.74, 6) is 0.0798. The molecule has 0 spiro atoms. The first kappa shape index (κ1) is 12.4. The lowest BCUT2D eigenvalue weighted by atomic mass is 10.1. The Morgan fingerprint density at radius 1 is 1.32 bits per heavy atom. The molecule has 0 saturated carbocycles. The molecule has 1 aromatic carbocycles. The number of hydrogen-bond donors (Lipinski definition) is 0. The number of carbonyl (C=O) groups is 1. The van der Waals surface area contributed by atoms with Crippen molar-refractivity contribution >= 4 is 38.5 Å². The molecule has 1 atom stereocenters. The fourth-order valence-electron chi connectivity index (χ4n) is 2.40. The summed E-state index contributed by atoms with van der Waals surface area (Å²) in [6.45, 7) is 2.51. The fraction of sp³-hybridized carbons (Fsp3) is 0.286. The average Bonchev–Trinajstić information content (AvgIpc) is 2.67. The molecule has 0 bridgehead atoms. The smallest absolute Gasteiger partial charge is 0.336 e. The molecule has 0 radical (unpaired) electrons. The zero-order valence-corrected chi connectivity index (χ0v) is 11.9. The van der Waals surface area contributed by atoms with Crippen molar-refractivity contribution in [3.05, 3.63) is 40.2 Å². The average molecular weight is 322 g/mol. The first-order chi connectivity index (χ1) is 9.04. The number of nitrogens with zero attached hydrogens (tertiary/aromatic N) is 1. The lowest BCUT2D eigenvalue weighted by Gasteiger charge is -2.16. The van der Waals surface area contributed by atoms with Gasteiger partial charge in [0.25, 0.3) is 0 Å². The minimum Gasteiger partial charge on any atom is -0.423 e. The van der Waals surface area contributed by atoms with Crippen LogP contribution in [0, 0.1) is 6.92 Å². The molecule has 1 saturated heterocycles. The normalized spacial score (nSPS) is 19.4. The second-order valence-corrected chi connectivity index (χ2v) is 6.03. The number of carbonyl (C=O) groups excluding carboxylic acids is 1. The van der Waals surface area contributed by atoms with Crippen molar-refractivity contribution in [2.24, 2.45) is 0 Å². The van der Waals surface area contributed by atoms with Gasteiger partial charge in [0.05, 0.1) is 0 Å². The number of rotatable bonds is 1. The quantitative estimate of drug-likeness (QED) is 0.599. The second-order valence-electron chi connectivity index (χ2n) is 4.73. The van der Waals surface area contributed by atoms with E-state index in [4.69, 9.17) is 4.42 Å². The molecule has 4 nitrogen and oxygen atoms in total. The molecule has 1 aliphatic rings. The van der Waals surface area contributed by atoms with Crippen LogP contribution in [0.5, 0.6) is 0 Å². The van der Waals surface area contributed by atoms with Crippen LogP contribution in [-0.2, 0) is 4.79 Å². The fourth-order valence-corrected chi connectivity index (χ4v) is 2.96. The highest BCUT2D eigenvalue weighted by atomic mass is 79.9. The van der Waals surface area contributed by atoms with E-state index < -0.39 is 0 Å². The second kappa shape index (κ2) is 4.49. The first-order valence-electron chi connectivity index (χ1n) is 6.03. The summed E-state index contributed by atoms with van der Waals surface area (Å²) in [7, 11) is 0. The largest absolute Gasteiger partial charge is 0.423 e. The van der Waals surface area contributed by atoms with Gasteiger partial charge >= 0.3 is 5.63 Å². The van der Waals surface area contributed by atoms with Crippen molar-refractivity contribution in [1.82, 2.24) is 0 Å². The molecule has 1 aliphatic heterocycles. The molecule has 1 aromatic heterocycles. The van der Waals surface area contributed by atoms with Gasteiger partial charge in [-0.2, -0.15) is 0 Å². The maximum atomic E-state index is 11.9. The predicted molar refractivity (Wildman–Crippen MR) is 76.9 cm³/mol. The van der Waals surface area contributed by atoms with Crippen molar-refractivity contribution in [1.29, 1.82) is 0 Å². The molecule has 1 unspecified atom stereocenters. The van der Waals surface area contributed by atoms with E-state index in [0.717, 1.165) is 16.6 Å². The molecular weight excluding hydrogens is 310 g/mol. The standard InChI is InChI=1S/C14H12BrNO3/c1-8-4-14(18)19-12-6-10(2-3-11(8)12)16-7-9(15)5-13(16)17/h2-4,6,9H,5,7H2,1H3. The van der Waals surface area contributed by atoms with Gasteiger partial charge in [-0.15, -0.1) is 0 Å². The van der Waals surface area contributed by atoms with E-state index in [1.54, 1.807) is 11.0 Å². The zero-order chi connectivity index (χ0) is 13.6. The first-order valence-corrected chi connectivity index (χ1v) is 6.95. The lowest BCUT2D eigenvalue weighted by molar-refractivity contribution is -0.117. The molecule has 2 aromatic rings. The number of aryl methyl sites for hydroxylation is 1. The summed E-state index contributed by atoms with van der Waals surface area (Å²) < 4.78 is 5.20. The van der Waals surface area contributed by atoms with Crippen LogP contribution in [0.1, 0.15) is 12.0 Å². The topological polar surface area (TPSA) is 50.5 Å². The van der Waals surface area contributed by atoms with Gasteiger partial charge in [-0.05, 0) is 24.6 Å². The third-order valence-electron chi connectivity index (χ3n) is 3.32. The Labute approximate surface area is 118 Å². The van der Waals surface area contributed by atoms with E-state index >= 15 is 0 Å². The monoisotopic (exact) mass is 321 g/mol. The number of hydrogen-bond acceptors (Lipinski definition) is 3. The van der Waals surface area contributed by atoms with E-state index in [2.05, 4.69) is 15.9 Å². The van der Waals surface area contributed by atoms with Crippen LogP contribution in [0.25, 0.3) is 11.0 Å². The Morgan fingerprint density at radius 2 is 2.11 bits per heavy atom. The third-order valence-corrected chi connectivity index (χ3v) is 3.94. The Balaban J connectivity index is 2.12. The van der Waals surface area contributed by atoms with Crippen molar-refractivity contribution in [3.8, 4) is 0 Å². The van der Waals surface area contributed by atoms with Gasteiger partial charge in [-0.25, -0.2) is 4.79 Å². The Bertz CT molecular complexity index is 722. The molecular formula is C14H12BrNO3. The lowest BCUT2D eigenvalue weighted by Crippen LogP contribution is -2.24. The molecule has 98 valence electrons. The molecule has 2 heterocycles. The summed E-state index contributed by atoms with van der Waals surface area (Å²) in [4.78, 5) is 25.1. The SMILES string of the molecule is Cc1cc(=O)oc2cc(N3CC(Br)CC3=O)ccc12. The Kier molecular flexibility index (Phi) is 2.93. The highest BCUT2D eigenvalue weighted by Crippen LogP contribution is 2.28. The summed E-state index contributed by atoms with van der Waals surface area (Å²) in [6, 6.07) is 7.00. The van der Waals surface area contributed by atoms with Crippen LogP contribution >= 0.6 is 15.9 Å². The zero-order valence-electron chi connectivity index (χ0n) is 10.4. The van der Waals surface area contributed by atoms with E-state index in [-0.39, 0.29) is 16.4 Å². The van der Waals surface area contributed by atoms with Crippen molar-refractivity contribution in [3.63, 3.8) is 0 Å². The maximum absolute atomic E-state index is 11.9. The Morgan fingerprint density at radius 3 is 2.79 bits per heavy atom. The van der Waals surface area contributed by atoms with Crippen LogP contribution < -0.4 is 10.5 Å². The molecule has 1 amide bonds. The van der Waals surface area contributed by atoms with Gasteiger partial charge in [0, 0.05) is 41.0 Å². The van der Waals surface area contributed by atoms with Gasteiger partial charge in [-0.3, -0.25) is 4.79 Å². The minimum atomic E-state index is -0.367. The van der Waals surface area contributed by atoms with Gasteiger partial charge in [0.1, 0.15) is 5.58 Å². The number of anilines is 1. The van der Waals surface area contributed by atoms with E-state index in [9.17, 15) is 9.59 Å². The van der Waals surface area contributed by atoms with Crippen LogP contribution in [0.4, 0.5) is 5.69 Å². The van der Waals surface area contributed by atoms with Gasteiger partial charge in [-0.1, -0.05) is 15.9 Å². The van der Waals surface area contributed by atoms with Crippen LogP contribution in [0.15, 0.2) is 33.5 Å². The van der Waals surface area contributed by atoms with Crippen LogP contribution in [0.3, 0.4) is 0 Å². The van der Waals surface area contributed by atoms with Crippen LogP contribution in [-0.4, -0.2) is 17.3 Å². The number of amides is 1. The maximum Gasteiger partial charge on any atom is 0.336 e. The van der Waals surface area contributed by atoms with Crippen molar-refractivity contribution in [2.45, 2.75) is 18.2 Å². The number of alkyl halides is 1. The number of fused-ring (bicyclic) bond motifs is 1. The summed E-state index contributed by atoms with van der Waals surface area (Å²) in [6.07, 6.45) is 0.496. The summed E-state index contributed by atoms with van der Waals surface area (Å²) >= 11 is 3.45. The molecule has 19 heavy (non-hydrogen) atoms. The number of benzene rings is 1. The van der Waals surface area contributed by atoms with Gasteiger partial charge in [0.2, 0.25) is 5.91 Å². The highest BCUT2D eigenvalue weighted by Gasteiger charge is 2.28. The van der Waals surface area contributed by atoms with Gasteiger partial charge < -0.3 is 9.32 Å². The highest BCUT2D eigenvalue weighted by molar-refractivity contribution is 9.09. The van der Waals surface area contributed by atoms with Crippen molar-refractivity contribution < 1.29 is 9.21 Å². The Hall–Kier alpha value is -1.62. The summed E-state index contributed by atoms with van der Waals surface area (Å²) in [5.41, 5.74) is 1.80. The predicted octanol–water partition coefficient (Wildman–Crippen LogP) is 2.60. The van der Waals surface area contributed by atoms with Gasteiger partial charge in [0.15, 0.2) is 0 Å². The molecule has 3 rings (SSSR count). The molecule has 1 fully saturated rings. The minimum absolute atomic E-state index is 0.0798. The van der Waals surface area contributed by atoms with E-state index in [1.807, 2.05) is 19.1 Å². The number of halogens is 1. The van der Waals surface area contributed by atoms with E-state index in [0.29, 0.717) is 18.5 Å². The third kappa shape index (κ3) is 2.18. The van der Waals surface area contributed by atoms with Crippen molar-refractivity contribution in [2.75, 3.05) is 11.4 Å². The molecule has 5 heteroatoms.